The molecule has 17 heavy (non-hydrogen) atoms. The summed E-state index contributed by atoms with van der Waals surface area (Å²) in [7, 11) is 0. The molecule has 0 saturated carbocycles. The van der Waals surface area contributed by atoms with Crippen LogP contribution in [0.4, 0.5) is 0 Å². The van der Waals surface area contributed by atoms with Crippen LogP contribution in [0.15, 0.2) is 0 Å². The molecular weight excluding hydrogens is 224 g/mol. The zero-order valence-corrected chi connectivity index (χ0v) is 10.9. The summed E-state index contributed by atoms with van der Waals surface area (Å²) in [5.74, 6) is -1.21. The summed E-state index contributed by atoms with van der Waals surface area (Å²) in [4.78, 5) is 0. The van der Waals surface area contributed by atoms with Crippen LogP contribution < -0.4 is 0 Å². The van der Waals surface area contributed by atoms with Crippen molar-refractivity contribution < 1.29 is 23.7 Å². The highest BCUT2D eigenvalue weighted by molar-refractivity contribution is 4.98. The Morgan fingerprint density at radius 1 is 0.706 bits per heavy atom. The first-order valence-electron chi connectivity index (χ1n) is 6.14. The SMILES string of the molecule is C[C@@H]1O[C@@H]2OC(C)(C)O[C@@H]2[C@@H]2OC(C)(C)O[C@H]21. The van der Waals surface area contributed by atoms with Crippen molar-refractivity contribution in [2.75, 3.05) is 0 Å². The molecule has 0 aliphatic carbocycles. The first-order valence-corrected chi connectivity index (χ1v) is 6.14. The molecule has 0 aromatic carbocycles. The van der Waals surface area contributed by atoms with Crippen molar-refractivity contribution >= 4 is 0 Å². The minimum Gasteiger partial charge on any atom is -0.344 e. The maximum absolute atomic E-state index is 5.92. The van der Waals surface area contributed by atoms with Gasteiger partial charge in [-0.1, -0.05) is 0 Å². The third-order valence-electron chi connectivity index (χ3n) is 3.39. The summed E-state index contributed by atoms with van der Waals surface area (Å²) in [6.45, 7) is 9.57. The van der Waals surface area contributed by atoms with E-state index < -0.39 is 11.6 Å². The lowest BCUT2D eigenvalue weighted by Gasteiger charge is -2.35. The van der Waals surface area contributed by atoms with E-state index in [0.717, 1.165) is 0 Å². The number of hydrogen-bond donors (Lipinski definition) is 0. The summed E-state index contributed by atoms with van der Waals surface area (Å²) in [5.41, 5.74) is 0. The van der Waals surface area contributed by atoms with E-state index in [1.54, 1.807) is 0 Å². The molecule has 3 rings (SSSR count). The second-order valence-electron chi connectivity index (χ2n) is 5.87. The van der Waals surface area contributed by atoms with Crippen LogP contribution in [-0.4, -0.2) is 42.3 Å². The Balaban J connectivity index is 1.86. The molecule has 3 saturated heterocycles. The minimum atomic E-state index is -0.625. The second kappa shape index (κ2) is 3.42. The zero-order valence-electron chi connectivity index (χ0n) is 10.9. The molecule has 3 heterocycles. The van der Waals surface area contributed by atoms with Crippen LogP contribution in [0.25, 0.3) is 0 Å². The van der Waals surface area contributed by atoms with Gasteiger partial charge in [0.25, 0.3) is 0 Å². The maximum Gasteiger partial charge on any atom is 0.190 e. The van der Waals surface area contributed by atoms with Crippen molar-refractivity contribution in [2.45, 2.75) is 76.9 Å². The van der Waals surface area contributed by atoms with Crippen molar-refractivity contribution in [1.82, 2.24) is 0 Å². The summed E-state index contributed by atoms with van der Waals surface area (Å²) in [5, 5.41) is 0. The normalized spacial score (nSPS) is 51.0. The topological polar surface area (TPSA) is 46.2 Å². The Morgan fingerprint density at radius 3 is 1.94 bits per heavy atom. The first kappa shape index (κ1) is 11.9. The van der Waals surface area contributed by atoms with Crippen LogP contribution in [0, 0.1) is 0 Å². The Labute approximate surface area is 101 Å². The lowest BCUT2D eigenvalue weighted by Crippen LogP contribution is -2.53. The molecule has 3 aliphatic heterocycles. The van der Waals surface area contributed by atoms with Crippen LogP contribution in [0.3, 0.4) is 0 Å². The molecule has 3 aliphatic rings. The number of hydrogen-bond acceptors (Lipinski definition) is 5. The predicted octanol–water partition coefficient (Wildman–Crippen LogP) is 1.40. The van der Waals surface area contributed by atoms with E-state index in [1.807, 2.05) is 34.6 Å². The minimum absolute atomic E-state index is 0.0551. The third kappa shape index (κ3) is 1.90. The number of rotatable bonds is 0. The van der Waals surface area contributed by atoms with Gasteiger partial charge in [-0.15, -0.1) is 0 Å². The van der Waals surface area contributed by atoms with Gasteiger partial charge in [0.05, 0.1) is 6.10 Å². The summed E-state index contributed by atoms with van der Waals surface area (Å²) in [6.07, 6.45) is -0.850. The molecule has 0 spiro atoms. The molecule has 98 valence electrons. The van der Waals surface area contributed by atoms with Gasteiger partial charge >= 0.3 is 0 Å². The molecule has 0 aromatic rings. The zero-order chi connectivity index (χ0) is 12.4. The largest absolute Gasteiger partial charge is 0.344 e. The van der Waals surface area contributed by atoms with Crippen LogP contribution in [0.2, 0.25) is 0 Å². The monoisotopic (exact) mass is 244 g/mol. The van der Waals surface area contributed by atoms with E-state index >= 15 is 0 Å². The van der Waals surface area contributed by atoms with Crippen LogP contribution >= 0.6 is 0 Å². The lowest BCUT2D eigenvalue weighted by atomic mass is 10.0. The molecule has 0 radical (unpaired) electrons. The quantitative estimate of drug-likeness (QED) is 0.644. The Bertz CT molecular complexity index is 327. The van der Waals surface area contributed by atoms with Crippen molar-refractivity contribution in [2.24, 2.45) is 0 Å². The Kier molecular flexibility index (Phi) is 2.39. The average Bonchev–Trinajstić information content (AvgIpc) is 2.62. The van der Waals surface area contributed by atoms with E-state index in [4.69, 9.17) is 23.7 Å². The molecule has 5 heteroatoms. The van der Waals surface area contributed by atoms with Crippen molar-refractivity contribution in [3.05, 3.63) is 0 Å². The van der Waals surface area contributed by atoms with Gasteiger partial charge in [-0.2, -0.15) is 0 Å². The van der Waals surface area contributed by atoms with E-state index in [9.17, 15) is 0 Å². The standard InChI is InChI=1S/C12H20O5/c1-6-7-8(15-11(2,3)14-7)9-10(13-6)17-12(4,5)16-9/h6-10H,1-5H3/t6-,7-,8+,9+,10+/m0/s1. The fourth-order valence-electron chi connectivity index (χ4n) is 2.81. The molecule has 0 aromatic heterocycles. The summed E-state index contributed by atoms with van der Waals surface area (Å²) >= 11 is 0. The molecule has 0 unspecified atom stereocenters. The van der Waals surface area contributed by atoms with Gasteiger partial charge in [0.1, 0.15) is 18.3 Å². The fraction of sp³-hybridized carbons (Fsp3) is 1.00. The molecular formula is C12H20O5. The second-order valence-corrected chi connectivity index (χ2v) is 5.87. The molecule has 5 atom stereocenters. The highest BCUT2D eigenvalue weighted by atomic mass is 16.9. The van der Waals surface area contributed by atoms with Gasteiger partial charge in [0, 0.05) is 0 Å². The van der Waals surface area contributed by atoms with Crippen LogP contribution in [-0.2, 0) is 23.7 Å². The van der Waals surface area contributed by atoms with Crippen molar-refractivity contribution in [1.29, 1.82) is 0 Å². The number of ether oxygens (including phenoxy) is 5. The van der Waals surface area contributed by atoms with Gasteiger partial charge < -0.3 is 23.7 Å². The van der Waals surface area contributed by atoms with E-state index in [1.165, 1.54) is 0 Å². The number of fused-ring (bicyclic) bond motifs is 3. The van der Waals surface area contributed by atoms with E-state index in [-0.39, 0.29) is 30.7 Å². The maximum atomic E-state index is 5.92. The Hall–Kier alpha value is -0.200. The molecule has 3 fully saturated rings. The van der Waals surface area contributed by atoms with Gasteiger partial charge in [0.2, 0.25) is 0 Å². The summed E-state index contributed by atoms with van der Waals surface area (Å²) < 4.78 is 29.2. The van der Waals surface area contributed by atoms with Crippen molar-refractivity contribution in [3.63, 3.8) is 0 Å². The van der Waals surface area contributed by atoms with Crippen molar-refractivity contribution in [3.8, 4) is 0 Å². The molecule has 0 amide bonds. The van der Waals surface area contributed by atoms with E-state index in [2.05, 4.69) is 0 Å². The molecule has 0 N–H and O–H groups in total. The average molecular weight is 244 g/mol. The van der Waals surface area contributed by atoms with Crippen LogP contribution in [0.1, 0.15) is 34.6 Å². The molecule has 0 bridgehead atoms. The lowest BCUT2D eigenvalue weighted by molar-refractivity contribution is -0.229. The smallest absolute Gasteiger partial charge is 0.190 e. The van der Waals surface area contributed by atoms with Gasteiger partial charge in [0.15, 0.2) is 17.9 Å². The van der Waals surface area contributed by atoms with Crippen LogP contribution in [0.5, 0.6) is 0 Å². The Morgan fingerprint density at radius 2 is 1.24 bits per heavy atom. The van der Waals surface area contributed by atoms with Gasteiger partial charge in [-0.05, 0) is 34.6 Å². The first-order chi connectivity index (χ1) is 7.77. The van der Waals surface area contributed by atoms with E-state index in [0.29, 0.717) is 0 Å². The highest BCUT2D eigenvalue weighted by Gasteiger charge is 2.59. The molecule has 5 nitrogen and oxygen atoms in total. The third-order valence-corrected chi connectivity index (χ3v) is 3.39. The highest BCUT2D eigenvalue weighted by Crippen LogP contribution is 2.43. The summed E-state index contributed by atoms with van der Waals surface area (Å²) in [6, 6.07) is 0. The fourth-order valence-corrected chi connectivity index (χ4v) is 2.81. The van der Waals surface area contributed by atoms with Gasteiger partial charge in [-0.25, -0.2) is 0 Å². The van der Waals surface area contributed by atoms with Gasteiger partial charge in [-0.3, -0.25) is 0 Å². The predicted molar refractivity (Wildman–Crippen MR) is 58.2 cm³/mol.